The van der Waals surface area contributed by atoms with Crippen molar-refractivity contribution in [3.8, 4) is 0 Å². The maximum atomic E-state index is 13.9. The zero-order chi connectivity index (χ0) is 19.3. The molecule has 1 heterocycles. The van der Waals surface area contributed by atoms with E-state index < -0.39 is 0 Å². The Labute approximate surface area is 159 Å². The van der Waals surface area contributed by atoms with E-state index in [0.717, 1.165) is 18.4 Å². The fraction of sp³-hybridized carbons (Fsp3) is 0.619. The molecule has 0 radical (unpaired) electrons. The first-order valence-corrected chi connectivity index (χ1v) is 9.79. The van der Waals surface area contributed by atoms with Crippen molar-refractivity contribution in [3.05, 3.63) is 35.1 Å². The second kappa shape index (κ2) is 6.50. The molecular weight excluding hydrogens is 347 g/mol. The van der Waals surface area contributed by atoms with Crippen molar-refractivity contribution in [1.29, 1.82) is 0 Å². The van der Waals surface area contributed by atoms with E-state index in [1.165, 1.54) is 5.56 Å². The van der Waals surface area contributed by atoms with Crippen molar-refractivity contribution in [2.24, 2.45) is 5.92 Å². The molecule has 146 valence electrons. The predicted octanol–water partition coefficient (Wildman–Crippen LogP) is 3.54. The minimum Gasteiger partial charge on any atom is -0.447 e. The quantitative estimate of drug-likeness (QED) is 0.877. The molecule has 27 heavy (non-hydrogen) atoms. The maximum absolute atomic E-state index is 13.9. The summed E-state index contributed by atoms with van der Waals surface area (Å²) in [6, 6.07) is 5.67. The Morgan fingerprint density at radius 2 is 2.04 bits per heavy atom. The second-order valence-corrected chi connectivity index (χ2v) is 8.79. The van der Waals surface area contributed by atoms with Gasteiger partial charge in [-0.2, -0.15) is 0 Å². The van der Waals surface area contributed by atoms with Crippen LogP contribution in [0.4, 0.5) is 9.18 Å². The molecule has 3 aliphatic rings. The number of halogens is 1. The van der Waals surface area contributed by atoms with Gasteiger partial charge in [0.25, 0.3) is 0 Å². The van der Waals surface area contributed by atoms with Gasteiger partial charge in [0.1, 0.15) is 12.4 Å². The average molecular weight is 374 g/mol. The standard InChI is InChI=1S/C21H27FN2O3/c1-12(2)17-8-13(4-5-18(17)22)14-6-16(7-14)24(3)19(25)15-9-21(10-15)11-27-20(26)23-21/h4-5,8,12,14-16H,6-7,9-11H2,1-3H3,(H,23,26)/t14-,15-,16+,21+. The third-order valence-corrected chi connectivity index (χ3v) is 6.59. The zero-order valence-corrected chi connectivity index (χ0v) is 16.1. The van der Waals surface area contributed by atoms with Gasteiger partial charge in [0.15, 0.2) is 0 Å². The number of amides is 2. The summed E-state index contributed by atoms with van der Waals surface area (Å²) in [7, 11) is 1.88. The summed E-state index contributed by atoms with van der Waals surface area (Å²) in [5, 5.41) is 2.83. The van der Waals surface area contributed by atoms with Gasteiger partial charge in [-0.3, -0.25) is 4.79 Å². The van der Waals surface area contributed by atoms with Gasteiger partial charge in [-0.05, 0) is 54.7 Å². The van der Waals surface area contributed by atoms with Crippen LogP contribution in [-0.4, -0.2) is 42.1 Å². The zero-order valence-electron chi connectivity index (χ0n) is 16.1. The highest BCUT2D eigenvalue weighted by Gasteiger charge is 2.53. The van der Waals surface area contributed by atoms with Gasteiger partial charge in [-0.15, -0.1) is 0 Å². The normalized spacial score (nSPS) is 31.9. The molecule has 0 aromatic heterocycles. The van der Waals surface area contributed by atoms with Gasteiger partial charge in [0, 0.05) is 19.0 Å². The Morgan fingerprint density at radius 3 is 2.63 bits per heavy atom. The van der Waals surface area contributed by atoms with Crippen LogP contribution in [0.25, 0.3) is 0 Å². The van der Waals surface area contributed by atoms with Crippen LogP contribution in [0.1, 0.15) is 62.5 Å². The van der Waals surface area contributed by atoms with Crippen LogP contribution >= 0.6 is 0 Å². The average Bonchev–Trinajstić information content (AvgIpc) is 2.94. The lowest BCUT2D eigenvalue weighted by Crippen LogP contribution is -2.59. The number of alkyl carbamates (subject to hydrolysis) is 1. The molecule has 0 unspecified atom stereocenters. The van der Waals surface area contributed by atoms with Gasteiger partial charge in [0.05, 0.1) is 5.54 Å². The largest absolute Gasteiger partial charge is 0.447 e. The van der Waals surface area contributed by atoms with E-state index in [0.29, 0.717) is 25.4 Å². The fourth-order valence-electron chi connectivity index (χ4n) is 4.67. The lowest BCUT2D eigenvalue weighted by molar-refractivity contribution is -0.143. The van der Waals surface area contributed by atoms with Gasteiger partial charge in [-0.25, -0.2) is 9.18 Å². The van der Waals surface area contributed by atoms with E-state index in [2.05, 4.69) is 5.32 Å². The molecule has 2 aliphatic carbocycles. The SMILES string of the molecule is CC(C)c1cc([C@H]2C[C@@H](N(C)C(=O)[C@H]3C[C@]4(COC(=O)N4)C3)C2)ccc1F. The van der Waals surface area contributed by atoms with Gasteiger partial charge in [-0.1, -0.05) is 26.0 Å². The Morgan fingerprint density at radius 1 is 1.33 bits per heavy atom. The molecule has 2 saturated carbocycles. The summed E-state index contributed by atoms with van der Waals surface area (Å²) in [6.07, 6.45) is 2.78. The molecule has 2 amide bonds. The van der Waals surface area contributed by atoms with Crippen molar-refractivity contribution >= 4 is 12.0 Å². The van der Waals surface area contributed by atoms with E-state index in [9.17, 15) is 14.0 Å². The third kappa shape index (κ3) is 3.19. The van der Waals surface area contributed by atoms with Crippen LogP contribution in [0.5, 0.6) is 0 Å². The number of cyclic esters (lactones) is 1. The van der Waals surface area contributed by atoms with Crippen LogP contribution in [0, 0.1) is 11.7 Å². The van der Waals surface area contributed by atoms with Crippen molar-refractivity contribution in [3.63, 3.8) is 0 Å². The first-order valence-electron chi connectivity index (χ1n) is 9.79. The summed E-state index contributed by atoms with van der Waals surface area (Å²) in [5.41, 5.74) is 1.62. The number of ether oxygens (including phenoxy) is 1. The number of carbonyl (C=O) groups is 2. The Bertz CT molecular complexity index is 767. The molecule has 5 nitrogen and oxygen atoms in total. The van der Waals surface area contributed by atoms with E-state index >= 15 is 0 Å². The molecule has 1 spiro atoms. The number of hydrogen-bond acceptors (Lipinski definition) is 3. The van der Waals surface area contributed by atoms with Gasteiger partial charge in [0.2, 0.25) is 5.91 Å². The monoisotopic (exact) mass is 374 g/mol. The van der Waals surface area contributed by atoms with Crippen LogP contribution in [0.15, 0.2) is 18.2 Å². The van der Waals surface area contributed by atoms with Crippen molar-refractivity contribution in [2.75, 3.05) is 13.7 Å². The molecule has 1 saturated heterocycles. The molecule has 3 fully saturated rings. The van der Waals surface area contributed by atoms with Crippen molar-refractivity contribution in [1.82, 2.24) is 10.2 Å². The number of rotatable bonds is 4. The summed E-state index contributed by atoms with van der Waals surface area (Å²) in [6.45, 7) is 4.37. The van der Waals surface area contributed by atoms with Gasteiger partial charge < -0.3 is 15.0 Å². The lowest BCUT2D eigenvalue weighted by atomic mass is 9.67. The highest BCUT2D eigenvalue weighted by Crippen LogP contribution is 2.44. The lowest BCUT2D eigenvalue weighted by Gasteiger charge is -2.47. The highest BCUT2D eigenvalue weighted by atomic mass is 19.1. The molecule has 1 aliphatic heterocycles. The molecule has 6 heteroatoms. The van der Waals surface area contributed by atoms with Crippen LogP contribution in [-0.2, 0) is 9.53 Å². The smallest absolute Gasteiger partial charge is 0.407 e. The summed E-state index contributed by atoms with van der Waals surface area (Å²) >= 11 is 0. The van der Waals surface area contributed by atoms with E-state index in [1.54, 1.807) is 6.07 Å². The number of nitrogens with one attached hydrogen (secondary N) is 1. The molecular formula is C21H27FN2O3. The van der Waals surface area contributed by atoms with Crippen LogP contribution in [0.2, 0.25) is 0 Å². The highest BCUT2D eigenvalue weighted by molar-refractivity contribution is 5.81. The molecule has 4 rings (SSSR count). The summed E-state index contributed by atoms with van der Waals surface area (Å²) < 4.78 is 18.9. The third-order valence-electron chi connectivity index (χ3n) is 6.59. The molecule has 1 aromatic carbocycles. The number of carbonyl (C=O) groups excluding carboxylic acids is 2. The second-order valence-electron chi connectivity index (χ2n) is 8.79. The predicted molar refractivity (Wildman–Crippen MR) is 99.0 cm³/mol. The summed E-state index contributed by atoms with van der Waals surface area (Å²) in [4.78, 5) is 25.8. The van der Waals surface area contributed by atoms with Crippen LogP contribution < -0.4 is 5.32 Å². The van der Waals surface area contributed by atoms with Gasteiger partial charge >= 0.3 is 6.09 Å². The van der Waals surface area contributed by atoms with Crippen molar-refractivity contribution < 1.29 is 18.7 Å². The minimum atomic E-state index is -0.379. The Balaban J connectivity index is 1.31. The maximum Gasteiger partial charge on any atom is 0.407 e. The number of nitrogens with zero attached hydrogens (tertiary/aromatic N) is 1. The Kier molecular flexibility index (Phi) is 4.40. The first-order chi connectivity index (χ1) is 12.8. The van der Waals surface area contributed by atoms with Crippen molar-refractivity contribution in [2.45, 2.75) is 62.9 Å². The fourth-order valence-corrected chi connectivity index (χ4v) is 4.67. The topological polar surface area (TPSA) is 58.6 Å². The van der Waals surface area contributed by atoms with Crippen LogP contribution in [0.3, 0.4) is 0 Å². The minimum absolute atomic E-state index is 0.0329. The summed E-state index contributed by atoms with van der Waals surface area (Å²) in [5.74, 6) is 0.537. The molecule has 0 bridgehead atoms. The molecule has 1 N–H and O–H groups in total. The number of benzene rings is 1. The number of hydrogen-bond donors (Lipinski definition) is 1. The molecule has 0 atom stereocenters. The molecule has 1 aromatic rings. The first kappa shape index (κ1) is 18.3. The van der Waals surface area contributed by atoms with E-state index in [-0.39, 0.29) is 41.2 Å². The van der Waals surface area contributed by atoms with E-state index in [1.807, 2.05) is 37.9 Å². The Hall–Kier alpha value is -2.11. The van der Waals surface area contributed by atoms with E-state index in [4.69, 9.17) is 4.74 Å².